The summed E-state index contributed by atoms with van der Waals surface area (Å²) >= 11 is 5.78. The summed E-state index contributed by atoms with van der Waals surface area (Å²) in [5, 5.41) is 3.69. The summed E-state index contributed by atoms with van der Waals surface area (Å²) < 4.78 is 0. The molecule has 1 fully saturated rings. The minimum Gasteiger partial charge on any atom is -0.349 e. The van der Waals surface area contributed by atoms with E-state index in [1.165, 1.54) is 0 Å². The van der Waals surface area contributed by atoms with Crippen LogP contribution in [0.4, 0.5) is 0 Å². The average Bonchev–Trinajstić information content (AvgIpc) is 2.77. The van der Waals surface area contributed by atoms with Crippen LogP contribution < -0.4 is 11.1 Å². The summed E-state index contributed by atoms with van der Waals surface area (Å²) in [5.74, 6) is 0.387. The van der Waals surface area contributed by atoms with E-state index in [2.05, 4.69) is 5.32 Å². The van der Waals surface area contributed by atoms with Crippen LogP contribution in [0.1, 0.15) is 29.6 Å². The summed E-state index contributed by atoms with van der Waals surface area (Å²) in [4.78, 5) is 12.0. The lowest BCUT2D eigenvalue weighted by Gasteiger charge is -2.19. The first-order valence-corrected chi connectivity index (χ1v) is 6.35. The standard InChI is InChI=1S/C13H17ClN2O/c14-11-6-4-9(5-7-11)13(17)16-12-3-1-2-10(12)8-15/h4-7,10,12H,1-3,8,15H2,(H,16,17). The number of nitrogens with one attached hydrogen (secondary N) is 1. The predicted molar refractivity (Wildman–Crippen MR) is 69.1 cm³/mol. The number of benzene rings is 1. The van der Waals surface area contributed by atoms with E-state index in [0.717, 1.165) is 19.3 Å². The van der Waals surface area contributed by atoms with Crippen molar-refractivity contribution < 1.29 is 4.79 Å². The summed E-state index contributed by atoms with van der Waals surface area (Å²) in [7, 11) is 0. The summed E-state index contributed by atoms with van der Waals surface area (Å²) in [6, 6.07) is 7.16. The summed E-state index contributed by atoms with van der Waals surface area (Å²) in [6.45, 7) is 0.644. The highest BCUT2D eigenvalue weighted by Gasteiger charge is 2.27. The quantitative estimate of drug-likeness (QED) is 0.867. The Kier molecular flexibility index (Phi) is 4.02. The highest BCUT2D eigenvalue weighted by Crippen LogP contribution is 2.24. The van der Waals surface area contributed by atoms with Gasteiger partial charge in [-0.2, -0.15) is 0 Å². The molecule has 0 saturated heterocycles. The summed E-state index contributed by atoms with van der Waals surface area (Å²) in [6.07, 6.45) is 3.29. The first-order chi connectivity index (χ1) is 8.20. The Morgan fingerprint density at radius 3 is 2.71 bits per heavy atom. The fraction of sp³-hybridized carbons (Fsp3) is 0.462. The van der Waals surface area contributed by atoms with E-state index < -0.39 is 0 Å². The van der Waals surface area contributed by atoms with Crippen molar-refractivity contribution in [2.45, 2.75) is 25.3 Å². The maximum absolute atomic E-state index is 12.0. The van der Waals surface area contributed by atoms with E-state index >= 15 is 0 Å². The maximum atomic E-state index is 12.0. The molecule has 92 valence electrons. The van der Waals surface area contributed by atoms with Gasteiger partial charge in [-0.05, 0) is 49.6 Å². The highest BCUT2D eigenvalue weighted by molar-refractivity contribution is 6.30. The summed E-state index contributed by atoms with van der Waals surface area (Å²) in [5.41, 5.74) is 6.34. The molecule has 2 unspecified atom stereocenters. The third kappa shape index (κ3) is 2.99. The largest absolute Gasteiger partial charge is 0.349 e. The lowest BCUT2D eigenvalue weighted by Crippen LogP contribution is -2.39. The number of nitrogens with two attached hydrogens (primary N) is 1. The Balaban J connectivity index is 1.99. The van der Waals surface area contributed by atoms with Gasteiger partial charge in [-0.15, -0.1) is 0 Å². The Hall–Kier alpha value is -1.06. The van der Waals surface area contributed by atoms with Crippen molar-refractivity contribution in [1.82, 2.24) is 5.32 Å². The molecule has 0 radical (unpaired) electrons. The van der Waals surface area contributed by atoms with Crippen molar-refractivity contribution in [3.05, 3.63) is 34.9 Å². The molecule has 0 aromatic heterocycles. The van der Waals surface area contributed by atoms with Crippen LogP contribution in [-0.4, -0.2) is 18.5 Å². The molecule has 0 bridgehead atoms. The van der Waals surface area contributed by atoms with Gasteiger partial charge in [0.25, 0.3) is 5.91 Å². The van der Waals surface area contributed by atoms with Gasteiger partial charge in [0.2, 0.25) is 0 Å². The monoisotopic (exact) mass is 252 g/mol. The van der Waals surface area contributed by atoms with Gasteiger partial charge in [0.1, 0.15) is 0 Å². The first-order valence-electron chi connectivity index (χ1n) is 5.97. The second-order valence-corrected chi connectivity index (χ2v) is 4.95. The Bertz CT molecular complexity index is 391. The molecule has 1 saturated carbocycles. The lowest BCUT2D eigenvalue weighted by molar-refractivity contribution is 0.0929. The number of rotatable bonds is 3. The lowest BCUT2D eigenvalue weighted by atomic mass is 10.0. The second-order valence-electron chi connectivity index (χ2n) is 4.51. The van der Waals surface area contributed by atoms with Crippen LogP contribution in [0.3, 0.4) is 0 Å². The number of amides is 1. The number of hydrogen-bond donors (Lipinski definition) is 2. The van der Waals surface area contributed by atoms with E-state index in [1.807, 2.05) is 0 Å². The Morgan fingerprint density at radius 1 is 1.35 bits per heavy atom. The van der Waals surface area contributed by atoms with Crippen LogP contribution in [0.2, 0.25) is 5.02 Å². The van der Waals surface area contributed by atoms with Crippen molar-refractivity contribution >= 4 is 17.5 Å². The van der Waals surface area contributed by atoms with Crippen molar-refractivity contribution in [1.29, 1.82) is 0 Å². The highest BCUT2D eigenvalue weighted by atomic mass is 35.5. The molecule has 1 aromatic rings. The van der Waals surface area contributed by atoms with Crippen LogP contribution in [0.5, 0.6) is 0 Å². The average molecular weight is 253 g/mol. The fourth-order valence-electron chi connectivity index (χ4n) is 2.36. The minimum absolute atomic E-state index is 0.0352. The van der Waals surface area contributed by atoms with E-state index in [-0.39, 0.29) is 11.9 Å². The van der Waals surface area contributed by atoms with E-state index in [9.17, 15) is 4.79 Å². The van der Waals surface area contributed by atoms with E-state index in [0.29, 0.717) is 23.0 Å². The zero-order chi connectivity index (χ0) is 12.3. The molecule has 0 heterocycles. The number of carbonyl (C=O) groups excluding carboxylic acids is 1. The van der Waals surface area contributed by atoms with Gasteiger partial charge < -0.3 is 11.1 Å². The van der Waals surface area contributed by atoms with Gasteiger partial charge in [0.05, 0.1) is 0 Å². The molecule has 2 rings (SSSR count). The zero-order valence-corrected chi connectivity index (χ0v) is 10.4. The molecule has 17 heavy (non-hydrogen) atoms. The van der Waals surface area contributed by atoms with Gasteiger partial charge in [-0.3, -0.25) is 4.79 Å². The molecular formula is C13H17ClN2O. The van der Waals surface area contributed by atoms with Crippen molar-refractivity contribution in [3.8, 4) is 0 Å². The van der Waals surface area contributed by atoms with Crippen LogP contribution in [-0.2, 0) is 0 Å². The topological polar surface area (TPSA) is 55.1 Å². The normalized spacial score (nSPS) is 23.6. The third-order valence-electron chi connectivity index (χ3n) is 3.38. The van der Waals surface area contributed by atoms with E-state index in [4.69, 9.17) is 17.3 Å². The van der Waals surface area contributed by atoms with Gasteiger partial charge in [0.15, 0.2) is 0 Å². The molecule has 1 aliphatic carbocycles. The molecule has 4 heteroatoms. The van der Waals surface area contributed by atoms with Crippen LogP contribution in [0, 0.1) is 5.92 Å². The van der Waals surface area contributed by atoms with Crippen LogP contribution in [0.25, 0.3) is 0 Å². The molecule has 1 aromatic carbocycles. The second kappa shape index (κ2) is 5.52. The Morgan fingerprint density at radius 2 is 2.06 bits per heavy atom. The molecular weight excluding hydrogens is 236 g/mol. The molecule has 1 amide bonds. The van der Waals surface area contributed by atoms with Crippen molar-refractivity contribution in [2.24, 2.45) is 11.7 Å². The van der Waals surface area contributed by atoms with Gasteiger partial charge >= 0.3 is 0 Å². The van der Waals surface area contributed by atoms with Crippen LogP contribution >= 0.6 is 11.6 Å². The van der Waals surface area contributed by atoms with Crippen molar-refractivity contribution in [3.63, 3.8) is 0 Å². The van der Waals surface area contributed by atoms with Gasteiger partial charge in [-0.1, -0.05) is 18.0 Å². The molecule has 3 N–H and O–H groups in total. The third-order valence-corrected chi connectivity index (χ3v) is 3.64. The van der Waals surface area contributed by atoms with Crippen molar-refractivity contribution in [2.75, 3.05) is 6.54 Å². The minimum atomic E-state index is -0.0352. The predicted octanol–water partition coefficient (Wildman–Crippen LogP) is 2.20. The number of carbonyl (C=O) groups is 1. The fourth-order valence-corrected chi connectivity index (χ4v) is 2.49. The molecule has 2 atom stereocenters. The number of halogens is 1. The van der Waals surface area contributed by atoms with E-state index in [1.54, 1.807) is 24.3 Å². The molecule has 1 aliphatic rings. The van der Waals surface area contributed by atoms with Gasteiger partial charge in [0, 0.05) is 16.6 Å². The first kappa shape index (κ1) is 12.4. The Labute approximate surface area is 106 Å². The van der Waals surface area contributed by atoms with Gasteiger partial charge in [-0.25, -0.2) is 0 Å². The zero-order valence-electron chi connectivity index (χ0n) is 9.66. The maximum Gasteiger partial charge on any atom is 0.251 e. The molecule has 0 aliphatic heterocycles. The molecule has 3 nitrogen and oxygen atoms in total. The van der Waals surface area contributed by atoms with Crippen LogP contribution in [0.15, 0.2) is 24.3 Å². The number of hydrogen-bond acceptors (Lipinski definition) is 2. The SMILES string of the molecule is NCC1CCCC1NC(=O)c1ccc(Cl)cc1. The smallest absolute Gasteiger partial charge is 0.251 e. The molecule has 0 spiro atoms.